The van der Waals surface area contributed by atoms with Gasteiger partial charge in [0.25, 0.3) is 11.6 Å². The van der Waals surface area contributed by atoms with Gasteiger partial charge in [-0.3, -0.25) is 19.7 Å². The minimum Gasteiger partial charge on any atom is -0.325 e. The van der Waals surface area contributed by atoms with E-state index in [0.717, 1.165) is 17.2 Å². The molecule has 0 atom stereocenters. The minimum absolute atomic E-state index is 0.0373. The highest BCUT2D eigenvalue weighted by atomic mass is 35.5. The molecule has 0 bridgehead atoms. The Labute approximate surface area is 189 Å². The zero-order chi connectivity index (χ0) is 23.1. The van der Waals surface area contributed by atoms with Gasteiger partial charge >= 0.3 is 0 Å². The Morgan fingerprint density at radius 2 is 1.72 bits per heavy atom. The average Bonchev–Trinajstić information content (AvgIpc) is 2.78. The third-order valence-corrected chi connectivity index (χ3v) is 4.76. The number of nitro groups is 1. The van der Waals surface area contributed by atoms with E-state index >= 15 is 0 Å². The molecular formula is C23H19ClN4O4. The Morgan fingerprint density at radius 1 is 1.03 bits per heavy atom. The summed E-state index contributed by atoms with van der Waals surface area (Å²) >= 11 is 5.82. The smallest absolute Gasteiger partial charge is 0.287 e. The van der Waals surface area contributed by atoms with Gasteiger partial charge in [0.15, 0.2) is 0 Å². The highest BCUT2D eigenvalue weighted by Gasteiger charge is 2.15. The topological polar surface area (TPSA) is 114 Å². The predicted octanol–water partition coefficient (Wildman–Crippen LogP) is 5.05. The third-order valence-electron chi connectivity index (χ3n) is 4.46. The number of hydrogen-bond donors (Lipinski definition) is 2. The largest absolute Gasteiger partial charge is 0.325 e. The second-order valence-electron chi connectivity index (χ2n) is 6.85. The average molecular weight is 451 g/mol. The lowest BCUT2D eigenvalue weighted by Gasteiger charge is -2.11. The van der Waals surface area contributed by atoms with Crippen LogP contribution in [0.4, 0.5) is 11.4 Å². The summed E-state index contributed by atoms with van der Waals surface area (Å²) in [6.07, 6.45) is -0.0373. The number of halogens is 1. The first kappa shape index (κ1) is 22.6. The number of nitro benzene ring substituents is 1. The molecule has 9 heteroatoms. The fraction of sp³-hybridized carbons (Fsp3) is 0.0870. The molecule has 2 N–H and O–H groups in total. The van der Waals surface area contributed by atoms with Crippen LogP contribution < -0.4 is 10.7 Å². The Morgan fingerprint density at radius 3 is 2.41 bits per heavy atom. The van der Waals surface area contributed by atoms with E-state index < -0.39 is 10.8 Å². The van der Waals surface area contributed by atoms with Gasteiger partial charge in [-0.2, -0.15) is 5.10 Å². The van der Waals surface area contributed by atoms with E-state index in [9.17, 15) is 19.7 Å². The molecule has 8 nitrogen and oxygen atoms in total. The zero-order valence-corrected chi connectivity index (χ0v) is 17.8. The lowest BCUT2D eigenvalue weighted by Crippen LogP contribution is -2.21. The van der Waals surface area contributed by atoms with Gasteiger partial charge in [-0.05, 0) is 30.7 Å². The number of carbonyl (C=O) groups excluding carboxylic acids is 2. The first-order chi connectivity index (χ1) is 15.3. The van der Waals surface area contributed by atoms with Crippen LogP contribution in [0.2, 0.25) is 5.02 Å². The van der Waals surface area contributed by atoms with Crippen molar-refractivity contribution in [2.45, 2.75) is 13.3 Å². The number of nitrogens with zero attached hydrogens (tertiary/aromatic N) is 2. The third kappa shape index (κ3) is 5.77. The second kappa shape index (κ2) is 10.3. The molecule has 0 heterocycles. The van der Waals surface area contributed by atoms with Crippen LogP contribution in [0.1, 0.15) is 23.7 Å². The van der Waals surface area contributed by atoms with Crippen LogP contribution in [0, 0.1) is 10.1 Å². The van der Waals surface area contributed by atoms with Crippen molar-refractivity contribution in [1.82, 2.24) is 5.43 Å². The maximum absolute atomic E-state index is 12.5. The van der Waals surface area contributed by atoms with Crippen LogP contribution >= 0.6 is 11.6 Å². The van der Waals surface area contributed by atoms with Gasteiger partial charge in [-0.1, -0.05) is 60.1 Å². The number of carbonyl (C=O) groups is 2. The summed E-state index contributed by atoms with van der Waals surface area (Å²) in [5.41, 5.74) is 5.04. The van der Waals surface area contributed by atoms with E-state index in [-0.39, 0.29) is 28.6 Å². The molecule has 0 radical (unpaired) electrons. The molecule has 0 unspecified atom stereocenters. The fourth-order valence-electron chi connectivity index (χ4n) is 2.93. The lowest BCUT2D eigenvalue weighted by atomic mass is 10.0. The number of hydrazone groups is 1. The number of benzene rings is 3. The Hall–Kier alpha value is -4.04. The van der Waals surface area contributed by atoms with E-state index in [4.69, 9.17) is 11.6 Å². The second-order valence-corrected chi connectivity index (χ2v) is 7.26. The van der Waals surface area contributed by atoms with Crippen LogP contribution in [0.5, 0.6) is 0 Å². The SMILES string of the molecule is C/C(CC(=O)Nc1ccccc1-c1ccccc1)=N/NC(=O)c1ccc([N+](=O)[O-])c(Cl)c1. The van der Waals surface area contributed by atoms with Crippen molar-refractivity contribution < 1.29 is 14.5 Å². The number of anilines is 1. The molecule has 0 aliphatic rings. The highest BCUT2D eigenvalue weighted by Crippen LogP contribution is 2.27. The number of nitrogens with one attached hydrogen (secondary N) is 2. The molecule has 0 aliphatic heterocycles. The summed E-state index contributed by atoms with van der Waals surface area (Å²) in [5.74, 6) is -0.891. The molecule has 0 saturated heterocycles. The van der Waals surface area contributed by atoms with Crippen molar-refractivity contribution in [1.29, 1.82) is 0 Å². The molecule has 2 amide bonds. The van der Waals surface area contributed by atoms with Gasteiger partial charge in [0.1, 0.15) is 5.02 Å². The monoisotopic (exact) mass is 450 g/mol. The van der Waals surface area contributed by atoms with E-state index in [2.05, 4.69) is 15.8 Å². The first-order valence-electron chi connectivity index (χ1n) is 9.57. The van der Waals surface area contributed by atoms with E-state index in [0.29, 0.717) is 11.4 Å². The van der Waals surface area contributed by atoms with E-state index in [1.165, 1.54) is 12.1 Å². The molecule has 0 aliphatic carbocycles. The van der Waals surface area contributed by atoms with Gasteiger partial charge in [0, 0.05) is 28.6 Å². The van der Waals surface area contributed by atoms with Crippen molar-refractivity contribution in [3.8, 4) is 11.1 Å². The van der Waals surface area contributed by atoms with Gasteiger partial charge in [-0.15, -0.1) is 0 Å². The van der Waals surface area contributed by atoms with Crippen molar-refractivity contribution in [2.75, 3.05) is 5.32 Å². The Bertz CT molecular complexity index is 1200. The molecule has 3 rings (SSSR count). The summed E-state index contributed by atoms with van der Waals surface area (Å²) in [4.78, 5) is 34.9. The maximum Gasteiger partial charge on any atom is 0.287 e. The van der Waals surface area contributed by atoms with Gasteiger partial charge in [0.05, 0.1) is 11.3 Å². The number of amides is 2. The predicted molar refractivity (Wildman–Crippen MR) is 124 cm³/mol. The van der Waals surface area contributed by atoms with Crippen LogP contribution in [0.15, 0.2) is 77.9 Å². The van der Waals surface area contributed by atoms with E-state index in [1.807, 2.05) is 54.6 Å². The summed E-state index contributed by atoms with van der Waals surface area (Å²) in [6, 6.07) is 20.7. The summed E-state index contributed by atoms with van der Waals surface area (Å²) < 4.78 is 0. The van der Waals surface area contributed by atoms with Crippen LogP contribution in [0.25, 0.3) is 11.1 Å². The molecule has 32 heavy (non-hydrogen) atoms. The molecular weight excluding hydrogens is 432 g/mol. The van der Waals surface area contributed by atoms with Crippen LogP contribution in [0.3, 0.4) is 0 Å². The van der Waals surface area contributed by atoms with Gasteiger partial charge in [0.2, 0.25) is 5.91 Å². The molecule has 0 spiro atoms. The Kier molecular flexibility index (Phi) is 7.30. The lowest BCUT2D eigenvalue weighted by molar-refractivity contribution is -0.384. The summed E-state index contributed by atoms with van der Waals surface area (Å²) in [7, 11) is 0. The summed E-state index contributed by atoms with van der Waals surface area (Å²) in [6.45, 7) is 1.60. The molecule has 0 fully saturated rings. The van der Waals surface area contributed by atoms with Crippen molar-refractivity contribution in [3.05, 3.63) is 93.5 Å². The fourth-order valence-corrected chi connectivity index (χ4v) is 3.18. The van der Waals surface area contributed by atoms with Gasteiger partial charge in [-0.25, -0.2) is 5.43 Å². The first-order valence-corrected chi connectivity index (χ1v) is 9.94. The summed E-state index contributed by atoms with van der Waals surface area (Å²) in [5, 5.41) is 17.5. The van der Waals surface area contributed by atoms with Crippen molar-refractivity contribution >= 4 is 40.5 Å². The number of para-hydroxylation sites is 1. The standard InChI is InChI=1S/C23H19ClN4O4/c1-15(26-27-23(30)17-11-12-21(28(31)32)19(24)14-17)13-22(29)25-20-10-6-5-9-18(20)16-7-3-2-4-8-16/h2-12,14H,13H2,1H3,(H,25,29)(H,27,30)/b26-15-. The molecule has 3 aromatic carbocycles. The van der Waals surface area contributed by atoms with Gasteiger partial charge < -0.3 is 5.32 Å². The van der Waals surface area contributed by atoms with E-state index in [1.54, 1.807) is 6.92 Å². The molecule has 3 aromatic rings. The highest BCUT2D eigenvalue weighted by molar-refractivity contribution is 6.33. The quantitative estimate of drug-likeness (QED) is 0.298. The number of rotatable bonds is 7. The zero-order valence-electron chi connectivity index (χ0n) is 17.0. The normalized spacial score (nSPS) is 11.0. The number of hydrogen-bond acceptors (Lipinski definition) is 5. The van der Waals surface area contributed by atoms with Crippen LogP contribution in [-0.4, -0.2) is 22.4 Å². The van der Waals surface area contributed by atoms with Crippen molar-refractivity contribution in [2.24, 2.45) is 5.10 Å². The Balaban J connectivity index is 1.62. The molecule has 0 aromatic heterocycles. The maximum atomic E-state index is 12.5. The molecule has 162 valence electrons. The van der Waals surface area contributed by atoms with Crippen LogP contribution in [-0.2, 0) is 4.79 Å². The minimum atomic E-state index is -0.638. The van der Waals surface area contributed by atoms with Crippen molar-refractivity contribution in [3.63, 3.8) is 0 Å². The molecule has 0 saturated carbocycles.